The molecule has 4 aromatic rings. The molecule has 0 spiro atoms. The molecular weight excluding hydrogens is 442 g/mol. The highest BCUT2D eigenvalue weighted by atomic mass is 35.5. The van der Waals surface area contributed by atoms with Crippen molar-refractivity contribution < 1.29 is 0 Å². The van der Waals surface area contributed by atoms with Crippen LogP contribution in [0.3, 0.4) is 0 Å². The average molecular weight is 466 g/mol. The maximum absolute atomic E-state index is 13.3. The van der Waals surface area contributed by atoms with Crippen LogP contribution in [0.25, 0.3) is 10.2 Å². The Morgan fingerprint density at radius 3 is 2.91 bits per heavy atom. The van der Waals surface area contributed by atoms with Crippen molar-refractivity contribution in [2.75, 3.05) is 0 Å². The minimum absolute atomic E-state index is 0.0564. The molecule has 1 aliphatic rings. The summed E-state index contributed by atoms with van der Waals surface area (Å²) in [6.07, 6.45) is 8.79. The van der Waals surface area contributed by atoms with Gasteiger partial charge in [0.2, 0.25) is 0 Å². The highest BCUT2D eigenvalue weighted by molar-refractivity contribution is 7.18. The molecule has 0 amide bonds. The van der Waals surface area contributed by atoms with Gasteiger partial charge in [0.1, 0.15) is 4.83 Å². The van der Waals surface area contributed by atoms with Gasteiger partial charge in [-0.15, -0.1) is 11.3 Å². The van der Waals surface area contributed by atoms with Crippen molar-refractivity contribution in [3.8, 4) is 0 Å². The molecule has 0 aliphatic heterocycles. The summed E-state index contributed by atoms with van der Waals surface area (Å²) in [6.45, 7) is 3.20. The molecule has 0 bridgehead atoms. The molecule has 1 aliphatic carbocycles. The lowest BCUT2D eigenvalue weighted by atomic mass is 9.93. The zero-order chi connectivity index (χ0) is 22.1. The Labute approximate surface area is 195 Å². The summed E-state index contributed by atoms with van der Waals surface area (Å²) in [4.78, 5) is 28.7. The van der Waals surface area contributed by atoms with E-state index < -0.39 is 0 Å². The molecule has 1 aromatic carbocycles. The van der Waals surface area contributed by atoms with E-state index in [2.05, 4.69) is 20.3 Å². The molecule has 1 N–H and O–H groups in total. The molecular formula is C24H24ClN5OS. The summed E-state index contributed by atoms with van der Waals surface area (Å²) in [6, 6.07) is 8.13. The van der Waals surface area contributed by atoms with E-state index in [-0.39, 0.29) is 5.56 Å². The second-order valence-corrected chi connectivity index (χ2v) is 9.73. The normalized spacial score (nSPS) is 15.8. The standard InChI is InChI=1S/C24H24ClN5OS/c1-15-11-27-18(12-26-15)13-28-17-6-7-19-21(10-17)32-23-22(19)24(31)30(14-29-23)9-8-16-4-2-3-5-20(16)25/h2-5,11-12,14,17,28H,6-10,13H2,1H3. The van der Waals surface area contributed by atoms with Crippen LogP contribution in [0.4, 0.5) is 0 Å². The molecule has 0 saturated heterocycles. The van der Waals surface area contributed by atoms with Crippen LogP contribution in [0, 0.1) is 6.92 Å². The fraction of sp³-hybridized carbons (Fsp3) is 0.333. The zero-order valence-electron chi connectivity index (χ0n) is 17.8. The van der Waals surface area contributed by atoms with Gasteiger partial charge in [-0.3, -0.25) is 19.3 Å². The predicted octanol–water partition coefficient (Wildman–Crippen LogP) is 4.10. The van der Waals surface area contributed by atoms with Gasteiger partial charge in [-0.05, 0) is 49.8 Å². The van der Waals surface area contributed by atoms with E-state index in [1.807, 2.05) is 37.4 Å². The maximum atomic E-state index is 13.3. The van der Waals surface area contributed by atoms with Gasteiger partial charge in [0.15, 0.2) is 0 Å². The Kier molecular flexibility index (Phi) is 6.04. The second kappa shape index (κ2) is 9.10. The number of fused-ring (bicyclic) bond motifs is 3. The van der Waals surface area contributed by atoms with Gasteiger partial charge in [0.05, 0.1) is 23.1 Å². The number of halogens is 1. The molecule has 3 heterocycles. The molecule has 6 nitrogen and oxygen atoms in total. The number of aromatic nitrogens is 4. The summed E-state index contributed by atoms with van der Waals surface area (Å²) in [5.41, 5.74) is 4.15. The van der Waals surface area contributed by atoms with Crippen LogP contribution >= 0.6 is 22.9 Å². The molecule has 0 saturated carbocycles. The number of aryl methyl sites for hydroxylation is 4. The van der Waals surface area contributed by atoms with Gasteiger partial charge >= 0.3 is 0 Å². The van der Waals surface area contributed by atoms with Gasteiger partial charge in [-0.25, -0.2) is 4.98 Å². The second-order valence-electron chi connectivity index (χ2n) is 8.24. The van der Waals surface area contributed by atoms with Gasteiger partial charge in [0, 0.05) is 41.4 Å². The maximum Gasteiger partial charge on any atom is 0.262 e. The van der Waals surface area contributed by atoms with Crippen molar-refractivity contribution >= 4 is 33.2 Å². The summed E-state index contributed by atoms with van der Waals surface area (Å²) in [5, 5.41) is 5.13. The number of benzene rings is 1. The van der Waals surface area contributed by atoms with Crippen LogP contribution in [-0.2, 0) is 32.4 Å². The highest BCUT2D eigenvalue weighted by Crippen LogP contribution is 2.33. The minimum atomic E-state index is 0.0564. The Morgan fingerprint density at radius 1 is 1.22 bits per heavy atom. The van der Waals surface area contributed by atoms with Crippen molar-refractivity contribution in [2.45, 2.75) is 51.7 Å². The van der Waals surface area contributed by atoms with Crippen molar-refractivity contribution in [1.29, 1.82) is 0 Å². The third kappa shape index (κ3) is 4.33. The lowest BCUT2D eigenvalue weighted by Crippen LogP contribution is -2.34. The Hall–Kier alpha value is -2.61. The molecule has 1 atom stereocenters. The number of hydrogen-bond acceptors (Lipinski definition) is 6. The van der Waals surface area contributed by atoms with Crippen LogP contribution in [0.1, 0.15) is 33.8 Å². The first kappa shape index (κ1) is 21.2. The fourth-order valence-corrected chi connectivity index (χ4v) is 5.72. The fourth-order valence-electron chi connectivity index (χ4n) is 4.24. The Balaban J connectivity index is 1.32. The minimum Gasteiger partial charge on any atom is -0.308 e. The van der Waals surface area contributed by atoms with Crippen molar-refractivity contribution in [1.82, 2.24) is 24.8 Å². The van der Waals surface area contributed by atoms with E-state index in [9.17, 15) is 4.79 Å². The highest BCUT2D eigenvalue weighted by Gasteiger charge is 2.25. The summed E-state index contributed by atoms with van der Waals surface area (Å²) < 4.78 is 1.72. The number of thiophene rings is 1. The van der Waals surface area contributed by atoms with Crippen LogP contribution in [-0.4, -0.2) is 25.6 Å². The predicted molar refractivity (Wildman–Crippen MR) is 128 cm³/mol. The summed E-state index contributed by atoms with van der Waals surface area (Å²) >= 11 is 7.93. The van der Waals surface area contributed by atoms with Crippen molar-refractivity contribution in [2.24, 2.45) is 0 Å². The van der Waals surface area contributed by atoms with E-state index >= 15 is 0 Å². The van der Waals surface area contributed by atoms with Crippen LogP contribution in [0.15, 0.2) is 47.8 Å². The molecule has 164 valence electrons. The van der Waals surface area contributed by atoms with E-state index in [1.54, 1.807) is 28.4 Å². The molecule has 0 radical (unpaired) electrons. The summed E-state index contributed by atoms with van der Waals surface area (Å²) in [5.74, 6) is 0. The Morgan fingerprint density at radius 2 is 2.09 bits per heavy atom. The number of nitrogens with zero attached hydrogens (tertiary/aromatic N) is 4. The monoisotopic (exact) mass is 465 g/mol. The lowest BCUT2D eigenvalue weighted by Gasteiger charge is -2.23. The van der Waals surface area contributed by atoms with Gasteiger partial charge in [-0.1, -0.05) is 29.8 Å². The van der Waals surface area contributed by atoms with E-state index in [1.165, 1.54) is 10.4 Å². The van der Waals surface area contributed by atoms with Crippen LogP contribution in [0.2, 0.25) is 5.02 Å². The molecule has 3 aromatic heterocycles. The smallest absolute Gasteiger partial charge is 0.262 e. The first-order valence-electron chi connectivity index (χ1n) is 10.8. The average Bonchev–Trinajstić information content (AvgIpc) is 3.18. The number of hydrogen-bond donors (Lipinski definition) is 1. The van der Waals surface area contributed by atoms with E-state index in [0.29, 0.717) is 25.6 Å². The Bertz CT molecular complexity index is 1310. The van der Waals surface area contributed by atoms with Crippen LogP contribution < -0.4 is 10.9 Å². The van der Waals surface area contributed by atoms with E-state index in [0.717, 1.165) is 51.5 Å². The van der Waals surface area contributed by atoms with E-state index in [4.69, 9.17) is 11.6 Å². The topological polar surface area (TPSA) is 72.7 Å². The largest absolute Gasteiger partial charge is 0.308 e. The molecule has 32 heavy (non-hydrogen) atoms. The number of rotatable bonds is 6. The van der Waals surface area contributed by atoms with Gasteiger partial charge < -0.3 is 5.32 Å². The first-order valence-corrected chi connectivity index (χ1v) is 12.0. The number of nitrogens with one attached hydrogen (secondary N) is 1. The van der Waals surface area contributed by atoms with Crippen molar-refractivity contribution in [3.63, 3.8) is 0 Å². The molecule has 5 rings (SSSR count). The third-order valence-electron chi connectivity index (χ3n) is 6.02. The first-order chi connectivity index (χ1) is 15.6. The zero-order valence-corrected chi connectivity index (χ0v) is 19.4. The van der Waals surface area contributed by atoms with Gasteiger partial charge in [0.25, 0.3) is 5.56 Å². The third-order valence-corrected chi connectivity index (χ3v) is 7.55. The van der Waals surface area contributed by atoms with Gasteiger partial charge in [-0.2, -0.15) is 0 Å². The van der Waals surface area contributed by atoms with Crippen molar-refractivity contribution in [3.05, 3.63) is 85.8 Å². The SMILES string of the molecule is Cc1cnc(CNC2CCc3c(sc4ncn(CCc5ccccc5Cl)c(=O)c34)C2)cn1. The molecule has 1 unspecified atom stereocenters. The molecule has 0 fully saturated rings. The molecule has 8 heteroatoms. The van der Waals surface area contributed by atoms with Crippen LogP contribution in [0.5, 0.6) is 0 Å². The lowest BCUT2D eigenvalue weighted by molar-refractivity contribution is 0.459. The summed E-state index contributed by atoms with van der Waals surface area (Å²) in [7, 11) is 0. The quantitative estimate of drug-likeness (QED) is 0.464.